The first-order valence-electron chi connectivity index (χ1n) is 9.50. The summed E-state index contributed by atoms with van der Waals surface area (Å²) in [7, 11) is -0.156. The Morgan fingerprint density at radius 1 is 1.00 bits per heavy atom. The highest BCUT2D eigenvalue weighted by molar-refractivity contribution is 14.0. The van der Waals surface area contributed by atoms with Crippen LogP contribution in [-0.4, -0.2) is 48.2 Å². The van der Waals surface area contributed by atoms with E-state index in [1.165, 1.54) is 5.56 Å². The van der Waals surface area contributed by atoms with Crippen molar-refractivity contribution in [1.82, 2.24) is 15.4 Å². The normalized spacial score (nSPS) is 11.5. The van der Waals surface area contributed by atoms with Crippen molar-refractivity contribution >= 4 is 40.0 Å². The number of aryl methyl sites for hydroxylation is 2. The van der Waals surface area contributed by atoms with Gasteiger partial charge in [0.2, 0.25) is 10.0 Å². The van der Waals surface area contributed by atoms with Crippen molar-refractivity contribution in [2.75, 3.05) is 33.8 Å². The highest BCUT2D eigenvalue weighted by Gasteiger charge is 2.12. The summed E-state index contributed by atoms with van der Waals surface area (Å²) in [5, 5.41) is 6.33. The molecule has 0 aromatic heterocycles. The first kappa shape index (κ1) is 26.2. The van der Waals surface area contributed by atoms with Crippen LogP contribution in [0.25, 0.3) is 0 Å². The number of halogens is 1. The molecule has 0 aliphatic heterocycles. The van der Waals surface area contributed by atoms with Gasteiger partial charge in [0.1, 0.15) is 5.75 Å². The molecule has 0 radical (unpaired) electrons. The van der Waals surface area contributed by atoms with Gasteiger partial charge in [0.05, 0.1) is 12.0 Å². The molecule has 0 saturated heterocycles. The van der Waals surface area contributed by atoms with E-state index in [9.17, 15) is 8.42 Å². The second-order valence-electron chi connectivity index (χ2n) is 6.69. The topological polar surface area (TPSA) is 91.8 Å². The van der Waals surface area contributed by atoms with Crippen molar-refractivity contribution in [1.29, 1.82) is 0 Å². The van der Waals surface area contributed by atoms with E-state index >= 15 is 0 Å². The second kappa shape index (κ2) is 12.8. The van der Waals surface area contributed by atoms with E-state index in [1.54, 1.807) is 38.4 Å². The van der Waals surface area contributed by atoms with E-state index in [-0.39, 0.29) is 35.4 Å². The Labute approximate surface area is 196 Å². The Morgan fingerprint density at radius 3 is 2.30 bits per heavy atom. The van der Waals surface area contributed by atoms with E-state index in [1.807, 2.05) is 26.0 Å². The van der Waals surface area contributed by atoms with Crippen molar-refractivity contribution in [3.8, 4) is 5.75 Å². The van der Waals surface area contributed by atoms with Gasteiger partial charge in [-0.1, -0.05) is 29.8 Å². The zero-order valence-corrected chi connectivity index (χ0v) is 21.0. The fraction of sp³-hybridized carbons (Fsp3) is 0.381. The number of hydrogen-bond donors (Lipinski definition) is 3. The van der Waals surface area contributed by atoms with Crippen LogP contribution in [0.4, 0.5) is 0 Å². The molecule has 0 unspecified atom stereocenters. The second-order valence-corrected chi connectivity index (χ2v) is 8.46. The van der Waals surface area contributed by atoms with Crippen LogP contribution in [0.1, 0.15) is 16.7 Å². The molecule has 0 amide bonds. The molecule has 0 saturated carbocycles. The monoisotopic (exact) mass is 546 g/mol. The molecule has 166 valence electrons. The summed E-state index contributed by atoms with van der Waals surface area (Å²) >= 11 is 0. The minimum absolute atomic E-state index is 0. The summed E-state index contributed by atoms with van der Waals surface area (Å²) < 4.78 is 32.5. The molecule has 0 atom stereocenters. The molecule has 2 aromatic carbocycles. The third-order valence-corrected chi connectivity index (χ3v) is 5.92. The van der Waals surface area contributed by atoms with Gasteiger partial charge in [0, 0.05) is 26.7 Å². The lowest BCUT2D eigenvalue weighted by Crippen LogP contribution is -2.42. The largest absolute Gasteiger partial charge is 0.496 e. The van der Waals surface area contributed by atoms with Gasteiger partial charge in [-0.2, -0.15) is 0 Å². The number of aliphatic imine (C=N–C) groups is 1. The number of hydrogen-bond acceptors (Lipinski definition) is 4. The van der Waals surface area contributed by atoms with E-state index < -0.39 is 10.0 Å². The van der Waals surface area contributed by atoms with Gasteiger partial charge in [-0.05, 0) is 49.6 Å². The molecular weight excluding hydrogens is 515 g/mol. The number of nitrogens with one attached hydrogen (secondary N) is 3. The van der Waals surface area contributed by atoms with Crippen molar-refractivity contribution in [3.63, 3.8) is 0 Å². The molecule has 0 bridgehead atoms. The summed E-state index contributed by atoms with van der Waals surface area (Å²) in [5.74, 6) is 1.50. The fourth-order valence-electron chi connectivity index (χ4n) is 2.73. The summed E-state index contributed by atoms with van der Waals surface area (Å²) in [4.78, 5) is 4.42. The van der Waals surface area contributed by atoms with Crippen LogP contribution < -0.4 is 20.1 Å². The number of sulfonamides is 1. The molecule has 9 heteroatoms. The van der Waals surface area contributed by atoms with Crippen LogP contribution in [0, 0.1) is 13.8 Å². The van der Waals surface area contributed by atoms with Crippen LogP contribution in [-0.2, 0) is 16.4 Å². The maximum atomic E-state index is 12.3. The lowest BCUT2D eigenvalue weighted by atomic mass is 10.1. The number of methoxy groups -OCH3 is 1. The molecule has 3 N–H and O–H groups in total. The van der Waals surface area contributed by atoms with Crippen LogP contribution >= 0.6 is 24.0 Å². The van der Waals surface area contributed by atoms with Crippen LogP contribution in [0.2, 0.25) is 0 Å². The third-order valence-electron chi connectivity index (χ3n) is 4.44. The maximum absolute atomic E-state index is 12.3. The van der Waals surface area contributed by atoms with Gasteiger partial charge in [0.25, 0.3) is 0 Å². The summed E-state index contributed by atoms with van der Waals surface area (Å²) in [6.45, 7) is 5.30. The van der Waals surface area contributed by atoms with Crippen molar-refractivity contribution in [2.45, 2.75) is 25.2 Å². The standard InChI is InChI=1S/C21H30N4O3S.HI/c1-16-5-9-19(10-6-16)29(26,27)25-14-13-24-21(22-3)23-12-11-18-8-7-17(2)20(15-18)28-4;/h5-10,15,25H,11-14H2,1-4H3,(H2,22,23,24);1H. The lowest BCUT2D eigenvalue weighted by Gasteiger charge is -2.13. The van der Waals surface area contributed by atoms with Gasteiger partial charge < -0.3 is 15.4 Å². The molecule has 7 nitrogen and oxygen atoms in total. The van der Waals surface area contributed by atoms with Gasteiger partial charge in [-0.25, -0.2) is 13.1 Å². The van der Waals surface area contributed by atoms with Gasteiger partial charge in [0.15, 0.2) is 5.96 Å². The number of guanidine groups is 1. The first-order valence-corrected chi connectivity index (χ1v) is 11.0. The Morgan fingerprint density at radius 2 is 1.67 bits per heavy atom. The summed E-state index contributed by atoms with van der Waals surface area (Å²) in [6.07, 6.45) is 0.817. The molecule has 30 heavy (non-hydrogen) atoms. The van der Waals surface area contributed by atoms with Gasteiger partial charge in [-0.3, -0.25) is 4.99 Å². The molecule has 0 aliphatic rings. The van der Waals surface area contributed by atoms with E-state index in [2.05, 4.69) is 26.4 Å². The van der Waals surface area contributed by atoms with Crippen molar-refractivity contribution in [3.05, 3.63) is 59.2 Å². The Bertz CT molecular complexity index is 932. The summed E-state index contributed by atoms with van der Waals surface area (Å²) in [5.41, 5.74) is 3.29. The molecular formula is C21H31IN4O3S. The van der Waals surface area contributed by atoms with E-state index in [0.717, 1.165) is 23.3 Å². The third kappa shape index (κ3) is 8.11. The molecule has 0 aliphatic carbocycles. The quantitative estimate of drug-likeness (QED) is 0.195. The fourth-order valence-corrected chi connectivity index (χ4v) is 3.76. The highest BCUT2D eigenvalue weighted by Crippen LogP contribution is 2.19. The van der Waals surface area contributed by atoms with Crippen LogP contribution in [0.3, 0.4) is 0 Å². The maximum Gasteiger partial charge on any atom is 0.240 e. The lowest BCUT2D eigenvalue weighted by molar-refractivity contribution is 0.411. The average Bonchev–Trinajstić information content (AvgIpc) is 2.71. The number of benzene rings is 2. The van der Waals surface area contributed by atoms with E-state index in [0.29, 0.717) is 19.0 Å². The molecule has 2 rings (SSSR count). The number of rotatable bonds is 9. The Hall–Kier alpha value is -1.85. The molecule has 0 spiro atoms. The predicted molar refractivity (Wildman–Crippen MR) is 133 cm³/mol. The first-order chi connectivity index (χ1) is 13.9. The highest BCUT2D eigenvalue weighted by atomic mass is 127. The SMILES string of the molecule is CN=C(NCCNS(=O)(=O)c1ccc(C)cc1)NCCc1ccc(C)c(OC)c1.I. The molecule has 2 aromatic rings. The number of nitrogens with zero attached hydrogens (tertiary/aromatic N) is 1. The minimum atomic E-state index is -3.51. The van der Waals surface area contributed by atoms with Gasteiger partial charge >= 0.3 is 0 Å². The van der Waals surface area contributed by atoms with Crippen molar-refractivity contribution < 1.29 is 13.2 Å². The minimum Gasteiger partial charge on any atom is -0.496 e. The van der Waals surface area contributed by atoms with Crippen LogP contribution in [0.5, 0.6) is 5.75 Å². The smallest absolute Gasteiger partial charge is 0.240 e. The van der Waals surface area contributed by atoms with Crippen molar-refractivity contribution in [2.24, 2.45) is 4.99 Å². The van der Waals surface area contributed by atoms with E-state index in [4.69, 9.17) is 4.74 Å². The zero-order chi connectivity index (χ0) is 21.3. The predicted octanol–water partition coefficient (Wildman–Crippen LogP) is 2.62. The van der Waals surface area contributed by atoms with Crippen LogP contribution in [0.15, 0.2) is 52.4 Å². The molecule has 0 heterocycles. The summed E-state index contributed by atoms with van der Waals surface area (Å²) in [6, 6.07) is 12.9. The van der Waals surface area contributed by atoms with Gasteiger partial charge in [-0.15, -0.1) is 24.0 Å². The molecule has 0 fully saturated rings. The Balaban J connectivity index is 0.00000450. The number of ether oxygens (including phenoxy) is 1. The average molecular weight is 546 g/mol. The Kier molecular flexibility index (Phi) is 11.1. The zero-order valence-electron chi connectivity index (χ0n) is 17.9.